The average Bonchev–Trinajstić information content (AvgIpc) is 2.35. The molecule has 21 heavy (non-hydrogen) atoms. The number of nitrogens with zero attached hydrogens (tertiary/aromatic N) is 1. The molecule has 0 atom stereocenters. The van der Waals surface area contributed by atoms with E-state index in [-0.39, 0.29) is 5.54 Å². The molecule has 0 saturated carbocycles. The Hall–Kier alpha value is -0.860. The Balaban J connectivity index is 2.60. The summed E-state index contributed by atoms with van der Waals surface area (Å²) in [6.07, 6.45) is 0. The van der Waals surface area contributed by atoms with Crippen LogP contribution in [-0.4, -0.2) is 23.0 Å². The van der Waals surface area contributed by atoms with E-state index in [0.29, 0.717) is 12.0 Å². The van der Waals surface area contributed by atoms with Gasteiger partial charge >= 0.3 is 0 Å². The summed E-state index contributed by atoms with van der Waals surface area (Å²) in [7, 11) is 0. The maximum absolute atomic E-state index is 3.53. The number of rotatable bonds is 7. The van der Waals surface area contributed by atoms with E-state index in [1.165, 1.54) is 11.1 Å². The molecule has 0 heterocycles. The van der Waals surface area contributed by atoms with E-state index < -0.39 is 0 Å². The molecule has 0 spiro atoms. The molecule has 1 N–H and O–H groups in total. The molecule has 1 aromatic rings. The summed E-state index contributed by atoms with van der Waals surface area (Å²) in [5.74, 6) is 0.711. The molecule has 2 heteroatoms. The predicted molar refractivity (Wildman–Crippen MR) is 93.4 cm³/mol. The van der Waals surface area contributed by atoms with Crippen molar-refractivity contribution >= 4 is 0 Å². The Labute approximate surface area is 131 Å². The van der Waals surface area contributed by atoms with Crippen LogP contribution in [0.2, 0.25) is 0 Å². The van der Waals surface area contributed by atoms with Crippen LogP contribution in [0.5, 0.6) is 0 Å². The molecule has 0 aromatic heterocycles. The minimum atomic E-state index is 0.171. The van der Waals surface area contributed by atoms with E-state index in [4.69, 9.17) is 0 Å². The second kappa shape index (κ2) is 7.95. The predicted octanol–water partition coefficient (Wildman–Crippen LogP) is 4.44. The van der Waals surface area contributed by atoms with Crippen molar-refractivity contribution in [3.8, 4) is 0 Å². The summed E-state index contributed by atoms with van der Waals surface area (Å²) in [5, 5.41) is 3.53. The lowest BCUT2D eigenvalue weighted by Crippen LogP contribution is -2.35. The van der Waals surface area contributed by atoms with Crippen molar-refractivity contribution in [2.24, 2.45) is 5.92 Å². The van der Waals surface area contributed by atoms with Gasteiger partial charge in [0.15, 0.2) is 0 Å². The fourth-order valence-corrected chi connectivity index (χ4v) is 2.29. The Morgan fingerprint density at radius 1 is 0.952 bits per heavy atom. The van der Waals surface area contributed by atoms with Gasteiger partial charge in [0, 0.05) is 31.2 Å². The van der Waals surface area contributed by atoms with Crippen LogP contribution >= 0.6 is 0 Å². The zero-order valence-electron chi connectivity index (χ0n) is 15.0. The third kappa shape index (κ3) is 7.63. The lowest BCUT2D eigenvalue weighted by molar-refractivity contribution is 0.189. The van der Waals surface area contributed by atoms with E-state index in [1.807, 2.05) is 0 Å². The summed E-state index contributed by atoms with van der Waals surface area (Å²) in [5.41, 5.74) is 2.93. The molecule has 0 unspecified atom stereocenters. The Morgan fingerprint density at radius 2 is 1.48 bits per heavy atom. The second-order valence-corrected chi connectivity index (χ2v) is 7.84. The average molecular weight is 290 g/mol. The first-order valence-electron chi connectivity index (χ1n) is 8.24. The fourth-order valence-electron chi connectivity index (χ4n) is 2.29. The van der Waals surface area contributed by atoms with Gasteiger partial charge in [-0.15, -0.1) is 0 Å². The van der Waals surface area contributed by atoms with Crippen molar-refractivity contribution in [1.82, 2.24) is 10.2 Å². The van der Waals surface area contributed by atoms with Gasteiger partial charge in [0.25, 0.3) is 0 Å². The molecule has 0 radical (unpaired) electrons. The first-order chi connectivity index (χ1) is 9.67. The highest BCUT2D eigenvalue weighted by atomic mass is 15.1. The molecule has 2 nitrogen and oxygen atoms in total. The minimum absolute atomic E-state index is 0.171. The van der Waals surface area contributed by atoms with Crippen molar-refractivity contribution in [3.63, 3.8) is 0 Å². The lowest BCUT2D eigenvalue weighted by atomic mass is 10.1. The first kappa shape index (κ1) is 18.2. The SMILES string of the molecule is CC(C)CN(Cc1ccc(CNC(C)(C)C)cc1)C(C)C. The van der Waals surface area contributed by atoms with Crippen molar-refractivity contribution in [2.45, 2.75) is 73.1 Å². The highest BCUT2D eigenvalue weighted by molar-refractivity contribution is 5.22. The molecule has 1 aromatic carbocycles. The van der Waals surface area contributed by atoms with Crippen molar-refractivity contribution in [2.75, 3.05) is 6.54 Å². The normalized spacial score (nSPS) is 12.7. The molecule has 0 bridgehead atoms. The minimum Gasteiger partial charge on any atom is -0.308 e. The third-order valence-corrected chi connectivity index (χ3v) is 3.56. The van der Waals surface area contributed by atoms with Gasteiger partial charge < -0.3 is 5.32 Å². The van der Waals surface area contributed by atoms with Crippen molar-refractivity contribution in [3.05, 3.63) is 35.4 Å². The standard InChI is InChI=1S/C19H34N2/c1-15(2)13-21(16(3)4)14-18-10-8-17(9-11-18)12-20-19(5,6)7/h8-11,15-16,20H,12-14H2,1-7H3. The Bertz CT molecular complexity index is 399. The summed E-state index contributed by atoms with van der Waals surface area (Å²) < 4.78 is 0. The maximum Gasteiger partial charge on any atom is 0.0236 e. The van der Waals surface area contributed by atoms with Crippen LogP contribution in [0.25, 0.3) is 0 Å². The number of benzene rings is 1. The fraction of sp³-hybridized carbons (Fsp3) is 0.684. The second-order valence-electron chi connectivity index (χ2n) is 7.84. The van der Waals surface area contributed by atoms with Crippen LogP contribution < -0.4 is 5.32 Å². The molecule has 0 aliphatic heterocycles. The molecule has 1 rings (SSSR count). The van der Waals surface area contributed by atoms with E-state index in [0.717, 1.165) is 19.6 Å². The van der Waals surface area contributed by atoms with Crippen molar-refractivity contribution in [1.29, 1.82) is 0 Å². The lowest BCUT2D eigenvalue weighted by Gasteiger charge is -2.28. The van der Waals surface area contributed by atoms with E-state index in [9.17, 15) is 0 Å². The van der Waals surface area contributed by atoms with Gasteiger partial charge in [-0.25, -0.2) is 0 Å². The maximum atomic E-state index is 3.53. The highest BCUT2D eigenvalue weighted by Gasteiger charge is 2.12. The van der Waals surface area contributed by atoms with E-state index >= 15 is 0 Å². The Kier molecular flexibility index (Phi) is 6.89. The van der Waals surface area contributed by atoms with Crippen LogP contribution in [-0.2, 0) is 13.1 Å². The van der Waals surface area contributed by atoms with Crippen LogP contribution in [0.15, 0.2) is 24.3 Å². The Morgan fingerprint density at radius 3 is 1.90 bits per heavy atom. The largest absolute Gasteiger partial charge is 0.308 e. The van der Waals surface area contributed by atoms with E-state index in [1.54, 1.807) is 0 Å². The monoisotopic (exact) mass is 290 g/mol. The third-order valence-electron chi connectivity index (χ3n) is 3.56. The van der Waals surface area contributed by atoms with Gasteiger partial charge in [-0.1, -0.05) is 38.1 Å². The highest BCUT2D eigenvalue weighted by Crippen LogP contribution is 2.13. The molecule has 0 aliphatic carbocycles. The quantitative estimate of drug-likeness (QED) is 0.798. The zero-order valence-corrected chi connectivity index (χ0v) is 15.0. The van der Waals surface area contributed by atoms with Gasteiger partial charge in [-0.2, -0.15) is 0 Å². The number of nitrogens with one attached hydrogen (secondary N) is 1. The molecule has 0 aliphatic rings. The molecular formula is C19H34N2. The van der Waals surface area contributed by atoms with Crippen LogP contribution in [0, 0.1) is 5.92 Å². The van der Waals surface area contributed by atoms with Crippen molar-refractivity contribution < 1.29 is 0 Å². The van der Waals surface area contributed by atoms with Crippen LogP contribution in [0.4, 0.5) is 0 Å². The summed E-state index contributed by atoms with van der Waals surface area (Å²) in [6, 6.07) is 9.64. The van der Waals surface area contributed by atoms with Gasteiger partial charge in [0.05, 0.1) is 0 Å². The first-order valence-corrected chi connectivity index (χ1v) is 8.24. The molecular weight excluding hydrogens is 256 g/mol. The number of hydrogen-bond acceptors (Lipinski definition) is 2. The smallest absolute Gasteiger partial charge is 0.0236 e. The van der Waals surface area contributed by atoms with Gasteiger partial charge in [-0.05, 0) is 51.7 Å². The van der Waals surface area contributed by atoms with Gasteiger partial charge in [0.2, 0.25) is 0 Å². The molecule has 120 valence electrons. The summed E-state index contributed by atoms with van der Waals surface area (Å²) in [6.45, 7) is 18.9. The van der Waals surface area contributed by atoms with E-state index in [2.05, 4.69) is 82.9 Å². The molecule has 0 amide bonds. The van der Waals surface area contributed by atoms with Crippen LogP contribution in [0.1, 0.15) is 59.6 Å². The molecule has 0 saturated heterocycles. The zero-order chi connectivity index (χ0) is 16.0. The van der Waals surface area contributed by atoms with Crippen LogP contribution in [0.3, 0.4) is 0 Å². The summed E-state index contributed by atoms with van der Waals surface area (Å²) in [4.78, 5) is 2.55. The summed E-state index contributed by atoms with van der Waals surface area (Å²) >= 11 is 0. The number of hydrogen-bond donors (Lipinski definition) is 1. The molecule has 0 fully saturated rings. The van der Waals surface area contributed by atoms with Gasteiger partial charge in [0.1, 0.15) is 0 Å². The van der Waals surface area contributed by atoms with Gasteiger partial charge in [-0.3, -0.25) is 4.90 Å². The topological polar surface area (TPSA) is 15.3 Å².